The van der Waals surface area contributed by atoms with E-state index in [2.05, 4.69) is 5.32 Å². The van der Waals surface area contributed by atoms with Gasteiger partial charge in [0.25, 0.3) is 0 Å². The predicted octanol–water partition coefficient (Wildman–Crippen LogP) is 4.89. The number of benzene rings is 3. The van der Waals surface area contributed by atoms with Crippen molar-refractivity contribution in [3.63, 3.8) is 0 Å². The average molecular weight is 523 g/mol. The summed E-state index contributed by atoms with van der Waals surface area (Å²) in [6.07, 6.45) is 1.12. The van der Waals surface area contributed by atoms with Crippen LogP contribution >= 0.6 is 0 Å². The second-order valence-corrected chi connectivity index (χ2v) is 9.40. The molecule has 1 saturated heterocycles. The molecule has 0 radical (unpaired) electrons. The summed E-state index contributed by atoms with van der Waals surface area (Å²) in [4.78, 5) is 28.9. The molecule has 0 saturated carbocycles. The van der Waals surface area contributed by atoms with Gasteiger partial charge in [-0.2, -0.15) is 0 Å². The molecule has 8 heteroatoms. The summed E-state index contributed by atoms with van der Waals surface area (Å²) < 4.78 is 40.2. The standard InChI is InChI=1S/C30H32F2N2O4/c1-20-12-14-21(15-13-20)29(30(36)33-18-23-8-6-16-38-23)34(19-22-7-3-4-11-27(22)37-2)28(35)17-24-25(31)9-5-10-26(24)32/h3-5,7,9-15,23,29H,6,8,16-19H2,1-2H3,(H,33,36). The summed E-state index contributed by atoms with van der Waals surface area (Å²) in [5.74, 6) is -2.10. The van der Waals surface area contributed by atoms with E-state index in [1.165, 1.54) is 18.1 Å². The van der Waals surface area contributed by atoms with Crippen LogP contribution in [0.15, 0.2) is 66.7 Å². The van der Waals surface area contributed by atoms with E-state index in [1.54, 1.807) is 36.4 Å². The molecule has 1 aliphatic heterocycles. The van der Waals surface area contributed by atoms with Crippen LogP contribution in [-0.2, 0) is 27.3 Å². The molecule has 0 bridgehead atoms. The van der Waals surface area contributed by atoms with Gasteiger partial charge in [0.05, 0.1) is 26.2 Å². The fraction of sp³-hybridized carbons (Fsp3) is 0.333. The van der Waals surface area contributed by atoms with Crippen molar-refractivity contribution in [3.05, 3.63) is 101 Å². The molecule has 3 aromatic carbocycles. The highest BCUT2D eigenvalue weighted by atomic mass is 19.1. The van der Waals surface area contributed by atoms with E-state index >= 15 is 0 Å². The van der Waals surface area contributed by atoms with Crippen LogP contribution in [0.25, 0.3) is 0 Å². The molecule has 1 fully saturated rings. The van der Waals surface area contributed by atoms with Gasteiger partial charge in [-0.05, 0) is 43.5 Å². The fourth-order valence-electron chi connectivity index (χ4n) is 4.63. The molecule has 38 heavy (non-hydrogen) atoms. The van der Waals surface area contributed by atoms with Crippen LogP contribution in [0.3, 0.4) is 0 Å². The van der Waals surface area contributed by atoms with Crippen LogP contribution in [0.2, 0.25) is 0 Å². The Morgan fingerprint density at radius 3 is 2.42 bits per heavy atom. The lowest BCUT2D eigenvalue weighted by Gasteiger charge is -2.32. The van der Waals surface area contributed by atoms with E-state index in [4.69, 9.17) is 9.47 Å². The summed E-state index contributed by atoms with van der Waals surface area (Å²) in [6, 6.07) is 16.9. The number of hydrogen-bond acceptors (Lipinski definition) is 4. The van der Waals surface area contributed by atoms with Crippen LogP contribution in [0.4, 0.5) is 8.78 Å². The minimum atomic E-state index is -1.05. The summed E-state index contributed by atoms with van der Waals surface area (Å²) in [7, 11) is 1.52. The first-order chi connectivity index (χ1) is 18.4. The van der Waals surface area contributed by atoms with Gasteiger partial charge >= 0.3 is 0 Å². The fourth-order valence-corrected chi connectivity index (χ4v) is 4.63. The summed E-state index contributed by atoms with van der Waals surface area (Å²) in [6.45, 7) is 2.87. The number of ether oxygens (including phenoxy) is 2. The number of amides is 2. The van der Waals surface area contributed by atoms with Crippen molar-refractivity contribution in [2.45, 2.75) is 44.9 Å². The molecular weight excluding hydrogens is 490 g/mol. The first-order valence-electron chi connectivity index (χ1n) is 12.7. The quantitative estimate of drug-likeness (QED) is 0.412. The maximum absolute atomic E-state index is 14.5. The van der Waals surface area contributed by atoms with Crippen molar-refractivity contribution in [3.8, 4) is 5.75 Å². The summed E-state index contributed by atoms with van der Waals surface area (Å²) in [5.41, 5.74) is 1.88. The van der Waals surface area contributed by atoms with Crippen molar-refractivity contribution in [2.75, 3.05) is 20.3 Å². The van der Waals surface area contributed by atoms with Crippen LogP contribution in [-0.4, -0.2) is 43.1 Å². The Kier molecular flexibility index (Phi) is 9.07. The second-order valence-electron chi connectivity index (χ2n) is 9.40. The third kappa shape index (κ3) is 6.55. The van der Waals surface area contributed by atoms with Crippen LogP contribution in [0.5, 0.6) is 5.75 Å². The lowest BCUT2D eigenvalue weighted by Crippen LogP contribution is -2.45. The number of carbonyl (C=O) groups excluding carboxylic acids is 2. The first-order valence-corrected chi connectivity index (χ1v) is 12.7. The van der Waals surface area contributed by atoms with Gasteiger partial charge in [0.2, 0.25) is 11.8 Å². The van der Waals surface area contributed by atoms with Gasteiger partial charge in [0, 0.05) is 24.3 Å². The Balaban J connectivity index is 1.73. The maximum Gasteiger partial charge on any atom is 0.247 e. The Morgan fingerprint density at radius 2 is 1.76 bits per heavy atom. The third-order valence-electron chi connectivity index (χ3n) is 6.72. The number of hydrogen-bond donors (Lipinski definition) is 1. The molecule has 1 N–H and O–H groups in total. The highest BCUT2D eigenvalue weighted by Crippen LogP contribution is 2.29. The molecule has 2 unspecified atom stereocenters. The maximum atomic E-state index is 14.5. The van der Waals surface area contributed by atoms with Gasteiger partial charge in [-0.1, -0.05) is 54.1 Å². The Labute approximate surface area is 221 Å². The van der Waals surface area contributed by atoms with E-state index in [0.717, 1.165) is 30.5 Å². The highest BCUT2D eigenvalue weighted by Gasteiger charge is 2.33. The molecule has 1 aliphatic rings. The monoisotopic (exact) mass is 522 g/mol. The third-order valence-corrected chi connectivity index (χ3v) is 6.72. The van der Waals surface area contributed by atoms with Crippen LogP contribution in [0.1, 0.15) is 41.1 Å². The van der Waals surface area contributed by atoms with Gasteiger partial charge in [0.15, 0.2) is 0 Å². The number of carbonyl (C=O) groups is 2. The molecule has 6 nitrogen and oxygen atoms in total. The highest BCUT2D eigenvalue weighted by molar-refractivity contribution is 5.89. The average Bonchev–Trinajstić information content (AvgIpc) is 3.44. The molecule has 200 valence electrons. The molecule has 0 aliphatic carbocycles. The van der Waals surface area contributed by atoms with Crippen molar-refractivity contribution in [1.82, 2.24) is 10.2 Å². The predicted molar refractivity (Wildman–Crippen MR) is 140 cm³/mol. The molecule has 3 aromatic rings. The molecule has 0 aromatic heterocycles. The van der Waals surface area contributed by atoms with E-state index in [1.807, 2.05) is 19.1 Å². The SMILES string of the molecule is COc1ccccc1CN(C(=O)Cc1c(F)cccc1F)C(C(=O)NCC1CCCO1)c1ccc(C)cc1. The normalized spacial score (nSPS) is 15.6. The zero-order chi connectivity index (χ0) is 27.1. The van der Waals surface area contributed by atoms with E-state index in [-0.39, 0.29) is 18.2 Å². The van der Waals surface area contributed by atoms with E-state index in [9.17, 15) is 18.4 Å². The largest absolute Gasteiger partial charge is 0.496 e. The van der Waals surface area contributed by atoms with Crippen molar-refractivity contribution in [1.29, 1.82) is 0 Å². The van der Waals surface area contributed by atoms with Gasteiger partial charge in [-0.25, -0.2) is 8.78 Å². The number of nitrogens with zero attached hydrogens (tertiary/aromatic N) is 1. The smallest absolute Gasteiger partial charge is 0.247 e. The summed E-state index contributed by atoms with van der Waals surface area (Å²) >= 11 is 0. The topological polar surface area (TPSA) is 67.9 Å². The van der Waals surface area contributed by atoms with Gasteiger partial charge in [-0.3, -0.25) is 9.59 Å². The zero-order valence-electron chi connectivity index (χ0n) is 21.6. The van der Waals surface area contributed by atoms with Crippen molar-refractivity contribution < 1.29 is 27.8 Å². The molecule has 1 heterocycles. The van der Waals surface area contributed by atoms with Gasteiger partial charge in [-0.15, -0.1) is 0 Å². The summed E-state index contributed by atoms with van der Waals surface area (Å²) in [5, 5.41) is 2.94. The number of nitrogens with one attached hydrogen (secondary N) is 1. The Hall–Kier alpha value is -3.78. The van der Waals surface area contributed by atoms with Gasteiger partial charge < -0.3 is 19.7 Å². The lowest BCUT2D eigenvalue weighted by atomic mass is 10.00. The number of rotatable bonds is 10. The first kappa shape index (κ1) is 27.3. The molecule has 0 spiro atoms. The molecular formula is C30H32F2N2O4. The number of methoxy groups -OCH3 is 1. The number of aryl methyl sites for hydroxylation is 1. The Bertz CT molecular complexity index is 1240. The Morgan fingerprint density at radius 1 is 1.05 bits per heavy atom. The minimum absolute atomic E-state index is 0.00912. The van der Waals surface area contributed by atoms with Crippen LogP contribution in [0, 0.1) is 18.6 Å². The molecule has 2 atom stereocenters. The number of halogens is 2. The van der Waals surface area contributed by atoms with Crippen molar-refractivity contribution in [2.24, 2.45) is 0 Å². The second kappa shape index (κ2) is 12.6. The van der Waals surface area contributed by atoms with Gasteiger partial charge in [0.1, 0.15) is 23.4 Å². The van der Waals surface area contributed by atoms with E-state index < -0.39 is 35.9 Å². The lowest BCUT2D eigenvalue weighted by molar-refractivity contribution is -0.141. The van der Waals surface area contributed by atoms with E-state index in [0.29, 0.717) is 30.0 Å². The van der Waals surface area contributed by atoms with Crippen molar-refractivity contribution >= 4 is 11.8 Å². The number of para-hydroxylation sites is 1. The molecule has 2 amide bonds. The molecule has 4 rings (SSSR count). The minimum Gasteiger partial charge on any atom is -0.496 e. The zero-order valence-corrected chi connectivity index (χ0v) is 21.6. The van der Waals surface area contributed by atoms with Crippen LogP contribution < -0.4 is 10.1 Å².